The summed E-state index contributed by atoms with van der Waals surface area (Å²) in [6, 6.07) is 10.4. The summed E-state index contributed by atoms with van der Waals surface area (Å²) < 4.78 is 38.2. The van der Waals surface area contributed by atoms with Gasteiger partial charge in [0.25, 0.3) is 0 Å². The number of hydrogen-bond acceptors (Lipinski definition) is 0. The minimum Gasteiger partial charge on any atom is -0.166 e. The Kier molecular flexibility index (Phi) is 3.55. The summed E-state index contributed by atoms with van der Waals surface area (Å²) in [5, 5.41) is 0.0248. The molecule has 0 N–H and O–H groups in total. The van der Waals surface area contributed by atoms with Gasteiger partial charge >= 0.3 is 6.18 Å². The van der Waals surface area contributed by atoms with E-state index in [0.29, 0.717) is 10.6 Å². The summed E-state index contributed by atoms with van der Waals surface area (Å²) in [4.78, 5) is 0. The van der Waals surface area contributed by atoms with Crippen molar-refractivity contribution in [3.8, 4) is 11.1 Å². The van der Waals surface area contributed by atoms with Gasteiger partial charge in [-0.05, 0) is 12.1 Å². The molecule has 2 aromatic rings. The van der Waals surface area contributed by atoms with Crippen molar-refractivity contribution in [1.29, 1.82) is 0 Å². The zero-order valence-electron chi connectivity index (χ0n) is 8.93. The van der Waals surface area contributed by atoms with E-state index in [4.69, 9.17) is 23.2 Å². The molecule has 0 aliphatic rings. The van der Waals surface area contributed by atoms with Crippen molar-refractivity contribution in [2.24, 2.45) is 0 Å². The Bertz CT molecular complexity index is 577. The molecule has 0 unspecified atom stereocenters. The molecule has 5 heteroatoms. The summed E-state index contributed by atoms with van der Waals surface area (Å²) in [6.07, 6.45) is -4.48. The van der Waals surface area contributed by atoms with E-state index in [1.54, 1.807) is 24.3 Å². The van der Waals surface area contributed by atoms with Crippen LogP contribution in [0.15, 0.2) is 42.5 Å². The second-order valence-electron chi connectivity index (χ2n) is 3.64. The fourth-order valence-corrected chi connectivity index (χ4v) is 2.21. The predicted molar refractivity (Wildman–Crippen MR) is 66.9 cm³/mol. The molecule has 0 amide bonds. The average Bonchev–Trinajstić information content (AvgIpc) is 2.29. The Morgan fingerprint density at radius 1 is 0.778 bits per heavy atom. The van der Waals surface area contributed by atoms with E-state index in [9.17, 15) is 13.2 Å². The van der Waals surface area contributed by atoms with Gasteiger partial charge < -0.3 is 0 Å². The molecule has 0 atom stereocenters. The lowest BCUT2D eigenvalue weighted by Gasteiger charge is -2.13. The highest BCUT2D eigenvalue weighted by molar-refractivity contribution is 6.37. The first kappa shape index (κ1) is 13.2. The largest absolute Gasteiger partial charge is 0.417 e. The Hall–Kier alpha value is -1.19. The van der Waals surface area contributed by atoms with E-state index in [0.717, 1.165) is 6.07 Å². The lowest BCUT2D eigenvalue weighted by Crippen LogP contribution is -2.06. The van der Waals surface area contributed by atoms with Crippen LogP contribution >= 0.6 is 23.2 Å². The van der Waals surface area contributed by atoms with Crippen molar-refractivity contribution in [3.05, 3.63) is 58.1 Å². The van der Waals surface area contributed by atoms with Gasteiger partial charge in [0.15, 0.2) is 0 Å². The molecular formula is C13H7Cl2F3. The van der Waals surface area contributed by atoms with Crippen LogP contribution in [-0.2, 0) is 6.18 Å². The minimum atomic E-state index is -4.48. The SMILES string of the molecule is FC(F)(F)c1cccc(-c2ccccc2Cl)c1Cl. The second-order valence-corrected chi connectivity index (χ2v) is 4.43. The number of halogens is 5. The van der Waals surface area contributed by atoms with E-state index in [-0.39, 0.29) is 10.6 Å². The van der Waals surface area contributed by atoms with Gasteiger partial charge in [-0.2, -0.15) is 13.2 Å². The van der Waals surface area contributed by atoms with Gasteiger partial charge in [0.1, 0.15) is 0 Å². The van der Waals surface area contributed by atoms with E-state index in [2.05, 4.69) is 0 Å². The van der Waals surface area contributed by atoms with Gasteiger partial charge in [-0.3, -0.25) is 0 Å². The molecule has 0 fully saturated rings. The maximum Gasteiger partial charge on any atom is 0.417 e. The van der Waals surface area contributed by atoms with E-state index >= 15 is 0 Å². The fraction of sp³-hybridized carbons (Fsp3) is 0.0769. The van der Waals surface area contributed by atoms with Crippen LogP contribution in [-0.4, -0.2) is 0 Å². The first-order valence-corrected chi connectivity index (χ1v) is 5.77. The third kappa shape index (κ3) is 2.47. The molecule has 2 rings (SSSR count). The molecule has 0 nitrogen and oxygen atoms in total. The fourth-order valence-electron chi connectivity index (χ4n) is 1.64. The van der Waals surface area contributed by atoms with Crippen molar-refractivity contribution in [2.45, 2.75) is 6.18 Å². The molecule has 18 heavy (non-hydrogen) atoms. The molecule has 0 spiro atoms. The van der Waals surface area contributed by atoms with Crippen molar-refractivity contribution in [2.75, 3.05) is 0 Å². The molecular weight excluding hydrogens is 284 g/mol. The number of hydrogen-bond donors (Lipinski definition) is 0. The first-order valence-electron chi connectivity index (χ1n) is 5.02. The highest BCUT2D eigenvalue weighted by Gasteiger charge is 2.34. The molecule has 0 heterocycles. The first-order chi connectivity index (χ1) is 8.41. The van der Waals surface area contributed by atoms with Crippen LogP contribution < -0.4 is 0 Å². The third-order valence-electron chi connectivity index (χ3n) is 2.47. The standard InChI is InChI=1S/C13H7Cl2F3/c14-11-7-2-1-4-8(11)9-5-3-6-10(12(9)15)13(16,17)18/h1-7H. The van der Waals surface area contributed by atoms with Crippen LogP contribution in [0.25, 0.3) is 11.1 Å². The maximum absolute atomic E-state index is 12.7. The van der Waals surface area contributed by atoms with Crippen molar-refractivity contribution in [1.82, 2.24) is 0 Å². The molecule has 0 aliphatic carbocycles. The normalized spacial score (nSPS) is 11.6. The van der Waals surface area contributed by atoms with Gasteiger partial charge in [-0.1, -0.05) is 53.5 Å². The van der Waals surface area contributed by atoms with Crippen LogP contribution in [0, 0.1) is 0 Å². The zero-order chi connectivity index (χ0) is 13.3. The Morgan fingerprint density at radius 2 is 1.39 bits per heavy atom. The molecule has 94 valence electrons. The second kappa shape index (κ2) is 4.82. The quantitative estimate of drug-likeness (QED) is 0.634. The van der Waals surface area contributed by atoms with E-state index in [1.807, 2.05) is 0 Å². The Morgan fingerprint density at radius 3 is 2.00 bits per heavy atom. The van der Waals surface area contributed by atoms with Crippen molar-refractivity contribution < 1.29 is 13.2 Å². The van der Waals surface area contributed by atoms with Gasteiger partial charge in [0, 0.05) is 16.1 Å². The van der Waals surface area contributed by atoms with E-state index < -0.39 is 11.7 Å². The highest BCUT2D eigenvalue weighted by atomic mass is 35.5. The Balaban J connectivity index is 2.64. The van der Waals surface area contributed by atoms with Crippen LogP contribution in [0.5, 0.6) is 0 Å². The molecule has 0 radical (unpaired) electrons. The molecule has 0 aromatic heterocycles. The monoisotopic (exact) mass is 290 g/mol. The number of alkyl halides is 3. The molecule has 0 saturated carbocycles. The smallest absolute Gasteiger partial charge is 0.166 e. The molecule has 2 aromatic carbocycles. The van der Waals surface area contributed by atoms with Gasteiger partial charge in [0.2, 0.25) is 0 Å². The minimum absolute atomic E-state index is 0.275. The molecule has 0 bridgehead atoms. The topological polar surface area (TPSA) is 0 Å². The molecule has 0 aliphatic heterocycles. The van der Waals surface area contributed by atoms with Crippen LogP contribution in [0.1, 0.15) is 5.56 Å². The summed E-state index contributed by atoms with van der Waals surface area (Å²) in [7, 11) is 0. The van der Waals surface area contributed by atoms with Crippen LogP contribution in [0.4, 0.5) is 13.2 Å². The average molecular weight is 291 g/mol. The van der Waals surface area contributed by atoms with Crippen molar-refractivity contribution >= 4 is 23.2 Å². The highest BCUT2D eigenvalue weighted by Crippen LogP contribution is 2.41. The van der Waals surface area contributed by atoms with Gasteiger partial charge in [0.05, 0.1) is 10.6 Å². The predicted octanol–water partition coefficient (Wildman–Crippen LogP) is 5.68. The summed E-state index contributed by atoms with van der Waals surface area (Å²) >= 11 is 11.8. The Labute approximate surface area is 112 Å². The summed E-state index contributed by atoms with van der Waals surface area (Å²) in [5.41, 5.74) is -0.103. The summed E-state index contributed by atoms with van der Waals surface area (Å²) in [5.74, 6) is 0. The lowest BCUT2D eigenvalue weighted by molar-refractivity contribution is -0.137. The van der Waals surface area contributed by atoms with E-state index in [1.165, 1.54) is 12.1 Å². The maximum atomic E-state index is 12.7. The lowest BCUT2D eigenvalue weighted by atomic mass is 10.0. The summed E-state index contributed by atoms with van der Waals surface area (Å²) in [6.45, 7) is 0. The zero-order valence-corrected chi connectivity index (χ0v) is 10.4. The van der Waals surface area contributed by atoms with Crippen LogP contribution in [0.3, 0.4) is 0 Å². The number of benzene rings is 2. The van der Waals surface area contributed by atoms with Gasteiger partial charge in [-0.25, -0.2) is 0 Å². The van der Waals surface area contributed by atoms with Gasteiger partial charge in [-0.15, -0.1) is 0 Å². The van der Waals surface area contributed by atoms with Crippen molar-refractivity contribution in [3.63, 3.8) is 0 Å². The third-order valence-corrected chi connectivity index (χ3v) is 3.20. The molecule has 0 saturated heterocycles. The number of rotatable bonds is 1. The van der Waals surface area contributed by atoms with Crippen LogP contribution in [0.2, 0.25) is 10.0 Å².